The molecule has 1 saturated heterocycles. The molecule has 3 rings (SSSR count). The Balaban J connectivity index is 1.77. The molecule has 1 aliphatic heterocycles. The highest BCUT2D eigenvalue weighted by molar-refractivity contribution is 6.33. The predicted octanol–water partition coefficient (Wildman–Crippen LogP) is 4.11. The van der Waals surface area contributed by atoms with Crippen molar-refractivity contribution in [3.8, 4) is 0 Å². The second kappa shape index (κ2) is 7.77. The average Bonchev–Trinajstić information content (AvgIpc) is 3.00. The summed E-state index contributed by atoms with van der Waals surface area (Å²) in [6.07, 6.45) is 5.36. The molecule has 2 aromatic rings. The first-order valence-corrected chi connectivity index (χ1v) is 8.76. The van der Waals surface area contributed by atoms with E-state index in [9.17, 15) is 0 Å². The standard InChI is InChI=1S/C19H23ClN4/c1-3-10-24-12-15(11-17(24)14-8-6-5-7-9-14)23-19-18(20)16(4-2)21-13-22-19/h3,5-9,13,15,17H,1,4,10-12H2,2H3,(H,21,22,23). The summed E-state index contributed by atoms with van der Waals surface area (Å²) in [6, 6.07) is 11.3. The van der Waals surface area contributed by atoms with Crippen molar-refractivity contribution in [2.24, 2.45) is 0 Å². The fourth-order valence-electron chi connectivity index (χ4n) is 3.34. The Labute approximate surface area is 148 Å². The largest absolute Gasteiger partial charge is 0.365 e. The van der Waals surface area contributed by atoms with E-state index in [0.29, 0.717) is 17.1 Å². The lowest BCUT2D eigenvalue weighted by atomic mass is 10.0. The molecule has 0 spiro atoms. The molecule has 5 heteroatoms. The van der Waals surface area contributed by atoms with Gasteiger partial charge in [0, 0.05) is 25.2 Å². The molecule has 126 valence electrons. The number of nitrogens with zero attached hydrogens (tertiary/aromatic N) is 3. The van der Waals surface area contributed by atoms with Crippen LogP contribution in [0, 0.1) is 0 Å². The van der Waals surface area contributed by atoms with E-state index in [1.807, 2.05) is 13.0 Å². The number of anilines is 1. The quantitative estimate of drug-likeness (QED) is 0.802. The van der Waals surface area contributed by atoms with Crippen molar-refractivity contribution in [3.63, 3.8) is 0 Å². The van der Waals surface area contributed by atoms with Crippen LogP contribution < -0.4 is 5.32 Å². The van der Waals surface area contributed by atoms with E-state index in [2.05, 4.69) is 57.1 Å². The van der Waals surface area contributed by atoms with Crippen molar-refractivity contribution in [3.05, 3.63) is 65.6 Å². The highest BCUT2D eigenvalue weighted by atomic mass is 35.5. The van der Waals surface area contributed by atoms with Gasteiger partial charge in [-0.25, -0.2) is 9.97 Å². The molecule has 2 atom stereocenters. The summed E-state index contributed by atoms with van der Waals surface area (Å²) in [4.78, 5) is 11.0. The first-order valence-electron chi connectivity index (χ1n) is 8.38. The molecule has 2 heterocycles. The number of likely N-dealkylation sites (tertiary alicyclic amines) is 1. The number of hydrogen-bond acceptors (Lipinski definition) is 4. The molecule has 24 heavy (non-hydrogen) atoms. The summed E-state index contributed by atoms with van der Waals surface area (Å²) in [6.45, 7) is 7.75. The van der Waals surface area contributed by atoms with Gasteiger partial charge in [0.25, 0.3) is 0 Å². The summed E-state index contributed by atoms with van der Waals surface area (Å²) in [5.41, 5.74) is 2.22. The summed E-state index contributed by atoms with van der Waals surface area (Å²) < 4.78 is 0. The van der Waals surface area contributed by atoms with Gasteiger partial charge in [0.05, 0.1) is 5.69 Å². The summed E-state index contributed by atoms with van der Waals surface area (Å²) >= 11 is 6.42. The van der Waals surface area contributed by atoms with Crippen LogP contribution >= 0.6 is 11.6 Å². The molecule has 0 amide bonds. The lowest BCUT2D eigenvalue weighted by Gasteiger charge is -2.22. The van der Waals surface area contributed by atoms with Crippen LogP contribution in [0.4, 0.5) is 5.82 Å². The van der Waals surface area contributed by atoms with Crippen molar-refractivity contribution in [2.45, 2.75) is 31.8 Å². The number of aryl methyl sites for hydroxylation is 1. The Morgan fingerprint density at radius 2 is 2.12 bits per heavy atom. The Morgan fingerprint density at radius 3 is 2.83 bits per heavy atom. The molecule has 1 aromatic heterocycles. The van der Waals surface area contributed by atoms with Crippen molar-refractivity contribution < 1.29 is 0 Å². The van der Waals surface area contributed by atoms with Crippen molar-refractivity contribution in [1.82, 2.24) is 14.9 Å². The van der Waals surface area contributed by atoms with Gasteiger partial charge in [-0.1, -0.05) is 54.9 Å². The average molecular weight is 343 g/mol. The smallest absolute Gasteiger partial charge is 0.148 e. The van der Waals surface area contributed by atoms with Gasteiger partial charge in [-0.2, -0.15) is 0 Å². The minimum Gasteiger partial charge on any atom is -0.365 e. The van der Waals surface area contributed by atoms with Gasteiger partial charge in [-0.15, -0.1) is 6.58 Å². The highest BCUT2D eigenvalue weighted by Crippen LogP contribution is 2.34. The second-order valence-electron chi connectivity index (χ2n) is 6.08. The van der Waals surface area contributed by atoms with Crippen LogP contribution in [0.3, 0.4) is 0 Å². The fraction of sp³-hybridized carbons (Fsp3) is 0.368. The van der Waals surface area contributed by atoms with Gasteiger partial charge in [-0.05, 0) is 18.4 Å². The van der Waals surface area contributed by atoms with Gasteiger partial charge >= 0.3 is 0 Å². The maximum atomic E-state index is 6.42. The number of rotatable bonds is 6. The molecule has 0 bridgehead atoms. The van der Waals surface area contributed by atoms with E-state index >= 15 is 0 Å². The van der Waals surface area contributed by atoms with Crippen LogP contribution in [-0.4, -0.2) is 34.0 Å². The van der Waals surface area contributed by atoms with Crippen molar-refractivity contribution in [1.29, 1.82) is 0 Å². The molecule has 1 aliphatic rings. The second-order valence-corrected chi connectivity index (χ2v) is 6.46. The van der Waals surface area contributed by atoms with Gasteiger partial charge in [0.15, 0.2) is 0 Å². The molecule has 0 radical (unpaired) electrons. The molecule has 1 fully saturated rings. The van der Waals surface area contributed by atoms with Crippen LogP contribution in [0.15, 0.2) is 49.3 Å². The van der Waals surface area contributed by atoms with Gasteiger partial charge in [0.1, 0.15) is 17.2 Å². The lowest BCUT2D eigenvalue weighted by Crippen LogP contribution is -2.27. The summed E-state index contributed by atoms with van der Waals surface area (Å²) in [5, 5.41) is 4.15. The molecule has 1 aromatic carbocycles. The van der Waals surface area contributed by atoms with E-state index in [1.54, 1.807) is 6.33 Å². The van der Waals surface area contributed by atoms with E-state index in [1.165, 1.54) is 5.56 Å². The van der Waals surface area contributed by atoms with E-state index < -0.39 is 0 Å². The summed E-state index contributed by atoms with van der Waals surface area (Å²) in [5.74, 6) is 0.737. The molecule has 0 saturated carbocycles. The Kier molecular flexibility index (Phi) is 5.48. The number of aromatic nitrogens is 2. The minimum atomic E-state index is 0.298. The van der Waals surface area contributed by atoms with Gasteiger partial charge in [0.2, 0.25) is 0 Å². The number of hydrogen-bond donors (Lipinski definition) is 1. The highest BCUT2D eigenvalue weighted by Gasteiger charge is 2.32. The lowest BCUT2D eigenvalue weighted by molar-refractivity contribution is 0.285. The van der Waals surface area contributed by atoms with Gasteiger partial charge in [-0.3, -0.25) is 4.90 Å². The maximum Gasteiger partial charge on any atom is 0.148 e. The van der Waals surface area contributed by atoms with Crippen LogP contribution in [0.1, 0.15) is 30.6 Å². The number of halogens is 1. The Morgan fingerprint density at radius 1 is 1.33 bits per heavy atom. The van der Waals surface area contributed by atoms with Gasteiger partial charge < -0.3 is 5.32 Å². The first kappa shape index (κ1) is 16.9. The third-order valence-corrected chi connectivity index (χ3v) is 4.89. The minimum absolute atomic E-state index is 0.298. The van der Waals surface area contributed by atoms with E-state index in [-0.39, 0.29) is 0 Å². The van der Waals surface area contributed by atoms with Crippen molar-refractivity contribution >= 4 is 17.4 Å². The third-order valence-electron chi connectivity index (χ3n) is 4.49. The van der Waals surface area contributed by atoms with Crippen LogP contribution in [0.2, 0.25) is 5.02 Å². The van der Waals surface area contributed by atoms with Crippen LogP contribution in [-0.2, 0) is 6.42 Å². The molecule has 4 nitrogen and oxygen atoms in total. The third kappa shape index (κ3) is 3.60. The number of benzene rings is 1. The maximum absolute atomic E-state index is 6.42. The molecule has 0 aliphatic carbocycles. The molecular weight excluding hydrogens is 320 g/mol. The number of nitrogens with one attached hydrogen (secondary N) is 1. The Bertz CT molecular complexity index is 689. The molecule has 2 unspecified atom stereocenters. The SMILES string of the molecule is C=CCN1CC(Nc2ncnc(CC)c2Cl)CC1c1ccccc1. The van der Waals surface area contributed by atoms with Crippen LogP contribution in [0.5, 0.6) is 0 Å². The molecular formula is C19H23ClN4. The van der Waals surface area contributed by atoms with E-state index in [0.717, 1.165) is 37.4 Å². The van der Waals surface area contributed by atoms with Crippen LogP contribution in [0.25, 0.3) is 0 Å². The van der Waals surface area contributed by atoms with Crippen molar-refractivity contribution in [2.75, 3.05) is 18.4 Å². The zero-order valence-corrected chi connectivity index (χ0v) is 14.7. The zero-order chi connectivity index (χ0) is 16.9. The monoisotopic (exact) mass is 342 g/mol. The first-order chi connectivity index (χ1) is 11.7. The Hall–Kier alpha value is -1.91. The topological polar surface area (TPSA) is 41.0 Å². The normalized spacial score (nSPS) is 20.9. The fourth-order valence-corrected chi connectivity index (χ4v) is 3.63. The predicted molar refractivity (Wildman–Crippen MR) is 99.4 cm³/mol. The molecule has 1 N–H and O–H groups in total. The van der Waals surface area contributed by atoms with E-state index in [4.69, 9.17) is 11.6 Å². The summed E-state index contributed by atoms with van der Waals surface area (Å²) in [7, 11) is 0. The zero-order valence-electron chi connectivity index (χ0n) is 14.0.